The van der Waals surface area contributed by atoms with Gasteiger partial charge in [-0.05, 0) is 51.2 Å². The SMILES string of the molecule is CCc1cnccc1C(=O)N(CC1CCCCO1)C(C)C. The number of aryl methyl sites for hydroxylation is 1. The first-order valence-electron chi connectivity index (χ1n) is 7.99. The number of rotatable bonds is 5. The lowest BCUT2D eigenvalue weighted by atomic mass is 10.0. The number of carbonyl (C=O) groups is 1. The van der Waals surface area contributed by atoms with E-state index in [-0.39, 0.29) is 18.1 Å². The third-order valence-electron chi connectivity index (χ3n) is 4.07. The van der Waals surface area contributed by atoms with Crippen molar-refractivity contribution in [3.05, 3.63) is 29.6 Å². The Morgan fingerprint density at radius 3 is 2.90 bits per heavy atom. The van der Waals surface area contributed by atoms with Gasteiger partial charge in [0.15, 0.2) is 0 Å². The molecule has 1 unspecified atom stereocenters. The van der Waals surface area contributed by atoms with E-state index < -0.39 is 0 Å². The van der Waals surface area contributed by atoms with Crippen molar-refractivity contribution >= 4 is 5.91 Å². The molecule has 0 N–H and O–H groups in total. The van der Waals surface area contributed by atoms with Crippen LogP contribution in [0.15, 0.2) is 18.5 Å². The highest BCUT2D eigenvalue weighted by Gasteiger charge is 2.25. The monoisotopic (exact) mass is 290 g/mol. The molecule has 1 aromatic rings. The van der Waals surface area contributed by atoms with Gasteiger partial charge in [-0.15, -0.1) is 0 Å². The van der Waals surface area contributed by atoms with E-state index in [1.165, 1.54) is 6.42 Å². The summed E-state index contributed by atoms with van der Waals surface area (Å²) in [5.41, 5.74) is 1.79. The molecule has 1 saturated heterocycles. The van der Waals surface area contributed by atoms with E-state index in [9.17, 15) is 4.79 Å². The molecule has 2 rings (SSSR count). The molecule has 4 nitrogen and oxygen atoms in total. The summed E-state index contributed by atoms with van der Waals surface area (Å²) >= 11 is 0. The van der Waals surface area contributed by atoms with Crippen molar-refractivity contribution in [3.63, 3.8) is 0 Å². The molecule has 1 fully saturated rings. The molecule has 21 heavy (non-hydrogen) atoms. The van der Waals surface area contributed by atoms with Gasteiger partial charge in [-0.3, -0.25) is 9.78 Å². The Morgan fingerprint density at radius 1 is 1.48 bits per heavy atom. The largest absolute Gasteiger partial charge is 0.376 e. The van der Waals surface area contributed by atoms with E-state index in [4.69, 9.17) is 4.74 Å². The predicted octanol–water partition coefficient (Wildman–Crippen LogP) is 3.06. The minimum Gasteiger partial charge on any atom is -0.376 e. The zero-order chi connectivity index (χ0) is 15.2. The maximum Gasteiger partial charge on any atom is 0.254 e. The fourth-order valence-electron chi connectivity index (χ4n) is 2.77. The number of aromatic nitrogens is 1. The molecule has 0 bridgehead atoms. The molecule has 0 saturated carbocycles. The molecule has 0 spiro atoms. The Labute approximate surface area is 127 Å². The van der Waals surface area contributed by atoms with E-state index in [1.807, 2.05) is 11.0 Å². The number of nitrogens with zero attached hydrogens (tertiary/aromatic N) is 2. The highest BCUT2D eigenvalue weighted by molar-refractivity contribution is 5.95. The minimum absolute atomic E-state index is 0.0958. The van der Waals surface area contributed by atoms with Gasteiger partial charge in [0.05, 0.1) is 6.10 Å². The van der Waals surface area contributed by atoms with Crippen LogP contribution in [0.5, 0.6) is 0 Å². The summed E-state index contributed by atoms with van der Waals surface area (Å²) in [6, 6.07) is 2.00. The van der Waals surface area contributed by atoms with Crippen molar-refractivity contribution in [1.82, 2.24) is 9.88 Å². The van der Waals surface area contributed by atoms with Gasteiger partial charge in [-0.25, -0.2) is 0 Å². The second-order valence-corrected chi connectivity index (χ2v) is 5.93. The maximum atomic E-state index is 12.9. The van der Waals surface area contributed by atoms with Crippen molar-refractivity contribution in [3.8, 4) is 0 Å². The predicted molar refractivity (Wildman–Crippen MR) is 83.4 cm³/mol. The van der Waals surface area contributed by atoms with Crippen LogP contribution < -0.4 is 0 Å². The van der Waals surface area contributed by atoms with Crippen LogP contribution in [-0.2, 0) is 11.2 Å². The fourth-order valence-corrected chi connectivity index (χ4v) is 2.77. The normalized spacial score (nSPS) is 18.8. The third kappa shape index (κ3) is 4.03. The molecule has 0 aromatic carbocycles. The first kappa shape index (κ1) is 16.0. The van der Waals surface area contributed by atoms with Gasteiger partial charge in [-0.2, -0.15) is 0 Å². The highest BCUT2D eigenvalue weighted by atomic mass is 16.5. The van der Waals surface area contributed by atoms with Crippen molar-refractivity contribution in [2.24, 2.45) is 0 Å². The molecular formula is C17H26N2O2. The molecule has 1 atom stereocenters. The van der Waals surface area contributed by atoms with E-state index in [1.54, 1.807) is 12.4 Å². The number of hydrogen-bond acceptors (Lipinski definition) is 3. The standard InChI is InChI=1S/C17H26N2O2/c1-4-14-11-18-9-8-16(14)17(20)19(13(2)3)12-15-7-5-6-10-21-15/h8-9,11,13,15H,4-7,10,12H2,1-3H3. The number of amides is 1. The molecule has 116 valence electrons. The van der Waals surface area contributed by atoms with Gasteiger partial charge >= 0.3 is 0 Å². The second-order valence-electron chi connectivity index (χ2n) is 5.93. The molecular weight excluding hydrogens is 264 g/mol. The quantitative estimate of drug-likeness (QED) is 0.837. The Bertz CT molecular complexity index is 468. The summed E-state index contributed by atoms with van der Waals surface area (Å²) in [7, 11) is 0. The van der Waals surface area contributed by atoms with Crippen LogP contribution in [-0.4, -0.2) is 41.1 Å². The first-order chi connectivity index (χ1) is 10.1. The maximum absolute atomic E-state index is 12.9. The summed E-state index contributed by atoms with van der Waals surface area (Å²) < 4.78 is 5.79. The lowest BCUT2D eigenvalue weighted by molar-refractivity contribution is -0.00832. The van der Waals surface area contributed by atoms with Crippen LogP contribution in [0.4, 0.5) is 0 Å². The lowest BCUT2D eigenvalue weighted by Gasteiger charge is -2.33. The van der Waals surface area contributed by atoms with Crippen molar-refractivity contribution in [2.45, 2.75) is 58.6 Å². The molecule has 1 aliphatic rings. The number of hydrogen-bond donors (Lipinski definition) is 0. The number of ether oxygens (including phenoxy) is 1. The Balaban J connectivity index is 2.14. The second kappa shape index (κ2) is 7.55. The van der Waals surface area contributed by atoms with Gasteiger partial charge in [0, 0.05) is 37.2 Å². The van der Waals surface area contributed by atoms with Crippen molar-refractivity contribution in [2.75, 3.05) is 13.2 Å². The first-order valence-corrected chi connectivity index (χ1v) is 7.99. The topological polar surface area (TPSA) is 42.4 Å². The minimum atomic E-state index is 0.0958. The van der Waals surface area contributed by atoms with Crippen LogP contribution in [0.2, 0.25) is 0 Å². The smallest absolute Gasteiger partial charge is 0.254 e. The van der Waals surface area contributed by atoms with Crippen LogP contribution in [0, 0.1) is 0 Å². The summed E-state index contributed by atoms with van der Waals surface area (Å²) in [4.78, 5) is 18.9. The van der Waals surface area contributed by atoms with Gasteiger partial charge < -0.3 is 9.64 Å². The van der Waals surface area contributed by atoms with Gasteiger partial charge in [-0.1, -0.05) is 6.92 Å². The van der Waals surface area contributed by atoms with Crippen LogP contribution in [0.25, 0.3) is 0 Å². The Kier molecular flexibility index (Phi) is 5.74. The molecule has 0 aliphatic carbocycles. The average Bonchev–Trinajstić information content (AvgIpc) is 2.52. The van der Waals surface area contributed by atoms with Crippen LogP contribution >= 0.6 is 0 Å². The molecule has 1 amide bonds. The zero-order valence-electron chi connectivity index (χ0n) is 13.3. The molecule has 0 radical (unpaired) electrons. The van der Waals surface area contributed by atoms with Crippen LogP contribution in [0.1, 0.15) is 56.0 Å². The lowest BCUT2D eigenvalue weighted by Crippen LogP contribution is -2.44. The van der Waals surface area contributed by atoms with Crippen molar-refractivity contribution < 1.29 is 9.53 Å². The van der Waals surface area contributed by atoms with Gasteiger partial charge in [0.2, 0.25) is 0 Å². The van der Waals surface area contributed by atoms with E-state index >= 15 is 0 Å². The summed E-state index contributed by atoms with van der Waals surface area (Å²) in [6.07, 6.45) is 7.87. The number of carbonyl (C=O) groups excluding carboxylic acids is 1. The number of pyridine rings is 1. The summed E-state index contributed by atoms with van der Waals surface area (Å²) in [6.45, 7) is 7.68. The van der Waals surface area contributed by atoms with E-state index in [2.05, 4.69) is 25.8 Å². The van der Waals surface area contributed by atoms with Crippen LogP contribution in [0.3, 0.4) is 0 Å². The highest BCUT2D eigenvalue weighted by Crippen LogP contribution is 2.18. The third-order valence-corrected chi connectivity index (χ3v) is 4.07. The van der Waals surface area contributed by atoms with E-state index in [0.29, 0.717) is 6.54 Å². The van der Waals surface area contributed by atoms with Gasteiger partial charge in [0.1, 0.15) is 0 Å². The van der Waals surface area contributed by atoms with E-state index in [0.717, 1.165) is 37.0 Å². The average molecular weight is 290 g/mol. The molecule has 2 heterocycles. The Hall–Kier alpha value is -1.42. The van der Waals surface area contributed by atoms with Crippen molar-refractivity contribution in [1.29, 1.82) is 0 Å². The molecule has 4 heteroatoms. The Morgan fingerprint density at radius 2 is 2.29 bits per heavy atom. The summed E-state index contributed by atoms with van der Waals surface area (Å²) in [5, 5.41) is 0. The summed E-state index contributed by atoms with van der Waals surface area (Å²) in [5.74, 6) is 0.0958. The van der Waals surface area contributed by atoms with Gasteiger partial charge in [0.25, 0.3) is 5.91 Å². The fraction of sp³-hybridized carbons (Fsp3) is 0.647. The molecule has 1 aliphatic heterocycles. The zero-order valence-corrected chi connectivity index (χ0v) is 13.3. The molecule has 1 aromatic heterocycles.